The van der Waals surface area contributed by atoms with E-state index >= 15 is 0 Å². The van der Waals surface area contributed by atoms with E-state index in [2.05, 4.69) is 5.32 Å². The van der Waals surface area contributed by atoms with Crippen LogP contribution in [0, 0.1) is 0 Å². The van der Waals surface area contributed by atoms with Gasteiger partial charge in [-0.15, -0.1) is 0 Å². The predicted molar refractivity (Wildman–Crippen MR) is 79.3 cm³/mol. The first-order chi connectivity index (χ1) is 9.42. The Labute approximate surface area is 120 Å². The lowest BCUT2D eigenvalue weighted by Gasteiger charge is -2.10. The SMILES string of the molecule is CN(C)CCCNC(=O)CCS(=O)(=O)c1ccccc1. The van der Waals surface area contributed by atoms with Gasteiger partial charge in [-0.25, -0.2) is 8.42 Å². The molecule has 1 amide bonds. The van der Waals surface area contributed by atoms with Gasteiger partial charge >= 0.3 is 0 Å². The van der Waals surface area contributed by atoms with Crippen molar-refractivity contribution in [2.24, 2.45) is 0 Å². The molecule has 1 N–H and O–H groups in total. The van der Waals surface area contributed by atoms with Gasteiger partial charge in [-0.1, -0.05) is 18.2 Å². The van der Waals surface area contributed by atoms with Crippen LogP contribution < -0.4 is 5.32 Å². The third-order valence-corrected chi connectivity index (χ3v) is 4.54. The zero-order chi connectivity index (χ0) is 15.0. The molecule has 6 heteroatoms. The van der Waals surface area contributed by atoms with Crippen molar-refractivity contribution in [3.05, 3.63) is 30.3 Å². The fraction of sp³-hybridized carbons (Fsp3) is 0.500. The molecule has 0 radical (unpaired) electrons. The number of nitrogens with zero attached hydrogens (tertiary/aromatic N) is 1. The van der Waals surface area contributed by atoms with E-state index in [1.54, 1.807) is 30.3 Å². The van der Waals surface area contributed by atoms with Crippen LogP contribution in [-0.4, -0.2) is 52.2 Å². The fourth-order valence-corrected chi connectivity index (χ4v) is 2.95. The van der Waals surface area contributed by atoms with Crippen molar-refractivity contribution >= 4 is 15.7 Å². The Bertz CT molecular complexity index is 512. The molecule has 0 aliphatic carbocycles. The van der Waals surface area contributed by atoms with E-state index in [4.69, 9.17) is 0 Å². The first-order valence-corrected chi connectivity index (χ1v) is 8.26. The highest BCUT2D eigenvalue weighted by atomic mass is 32.2. The summed E-state index contributed by atoms with van der Waals surface area (Å²) in [5.41, 5.74) is 0. The number of carbonyl (C=O) groups is 1. The molecule has 0 saturated heterocycles. The van der Waals surface area contributed by atoms with E-state index < -0.39 is 9.84 Å². The van der Waals surface area contributed by atoms with Gasteiger partial charge in [-0.05, 0) is 39.2 Å². The minimum atomic E-state index is -3.37. The molecule has 0 atom stereocenters. The molecule has 0 spiro atoms. The third kappa shape index (κ3) is 6.16. The fourth-order valence-electron chi connectivity index (χ4n) is 1.68. The summed E-state index contributed by atoms with van der Waals surface area (Å²) in [6.07, 6.45) is 0.851. The number of amides is 1. The van der Waals surface area contributed by atoms with Crippen LogP contribution in [0.15, 0.2) is 35.2 Å². The average Bonchev–Trinajstić information content (AvgIpc) is 2.42. The van der Waals surface area contributed by atoms with Gasteiger partial charge in [0.1, 0.15) is 0 Å². The summed E-state index contributed by atoms with van der Waals surface area (Å²) in [5, 5.41) is 2.73. The summed E-state index contributed by atoms with van der Waals surface area (Å²) in [7, 11) is 0.565. The van der Waals surface area contributed by atoms with Crippen LogP contribution in [0.5, 0.6) is 0 Å². The number of hydrogen-bond donors (Lipinski definition) is 1. The van der Waals surface area contributed by atoms with Gasteiger partial charge in [-0.3, -0.25) is 4.79 Å². The maximum absolute atomic E-state index is 12.0. The topological polar surface area (TPSA) is 66.5 Å². The van der Waals surface area contributed by atoms with Crippen LogP contribution in [0.25, 0.3) is 0 Å². The van der Waals surface area contributed by atoms with Crippen molar-refractivity contribution in [2.75, 3.05) is 32.9 Å². The number of benzene rings is 1. The molecule has 1 rings (SSSR count). The molecule has 0 aliphatic rings. The molecule has 5 nitrogen and oxygen atoms in total. The Balaban J connectivity index is 2.34. The number of rotatable bonds is 8. The lowest BCUT2D eigenvalue weighted by Crippen LogP contribution is -2.28. The van der Waals surface area contributed by atoms with E-state index in [0.717, 1.165) is 13.0 Å². The zero-order valence-corrected chi connectivity index (χ0v) is 12.8. The van der Waals surface area contributed by atoms with Crippen LogP contribution >= 0.6 is 0 Å². The number of sulfone groups is 1. The number of hydrogen-bond acceptors (Lipinski definition) is 4. The first-order valence-electron chi connectivity index (χ1n) is 6.61. The smallest absolute Gasteiger partial charge is 0.221 e. The monoisotopic (exact) mass is 298 g/mol. The second kappa shape index (κ2) is 8.01. The Kier molecular flexibility index (Phi) is 6.67. The second-order valence-corrected chi connectivity index (χ2v) is 7.00. The summed E-state index contributed by atoms with van der Waals surface area (Å²) in [4.78, 5) is 13.9. The van der Waals surface area contributed by atoms with Crippen LogP contribution in [0.1, 0.15) is 12.8 Å². The molecule has 0 aromatic heterocycles. The van der Waals surface area contributed by atoms with Gasteiger partial charge in [-0.2, -0.15) is 0 Å². The largest absolute Gasteiger partial charge is 0.356 e. The van der Waals surface area contributed by atoms with E-state index in [0.29, 0.717) is 6.54 Å². The molecule has 20 heavy (non-hydrogen) atoms. The Morgan fingerprint density at radius 1 is 1.20 bits per heavy atom. The molecule has 0 heterocycles. The zero-order valence-electron chi connectivity index (χ0n) is 12.0. The summed E-state index contributed by atoms with van der Waals surface area (Å²) >= 11 is 0. The standard InChI is InChI=1S/C14H22N2O3S/c1-16(2)11-6-10-15-14(17)9-12-20(18,19)13-7-4-3-5-8-13/h3-5,7-8H,6,9-12H2,1-2H3,(H,15,17). The molecule has 1 aromatic rings. The van der Waals surface area contributed by atoms with Gasteiger partial charge in [0, 0.05) is 13.0 Å². The van der Waals surface area contributed by atoms with Crippen molar-refractivity contribution in [3.8, 4) is 0 Å². The Morgan fingerprint density at radius 2 is 1.85 bits per heavy atom. The number of nitrogens with one attached hydrogen (secondary N) is 1. The van der Waals surface area contributed by atoms with Crippen molar-refractivity contribution in [1.29, 1.82) is 0 Å². The van der Waals surface area contributed by atoms with Crippen molar-refractivity contribution in [3.63, 3.8) is 0 Å². The van der Waals surface area contributed by atoms with Crippen molar-refractivity contribution in [1.82, 2.24) is 10.2 Å². The summed E-state index contributed by atoms with van der Waals surface area (Å²) in [6.45, 7) is 1.46. The molecule has 0 saturated carbocycles. The Morgan fingerprint density at radius 3 is 2.45 bits per heavy atom. The first kappa shape index (κ1) is 16.7. The molecule has 0 unspecified atom stereocenters. The van der Waals surface area contributed by atoms with E-state index in [1.165, 1.54) is 0 Å². The molecule has 0 aliphatic heterocycles. The maximum atomic E-state index is 12.0. The highest BCUT2D eigenvalue weighted by Crippen LogP contribution is 2.10. The number of carbonyl (C=O) groups excluding carboxylic acids is 1. The summed E-state index contributed by atoms with van der Waals surface area (Å²) in [6, 6.07) is 8.20. The third-order valence-electron chi connectivity index (χ3n) is 2.80. The minimum absolute atomic E-state index is 0.000802. The lowest BCUT2D eigenvalue weighted by molar-refractivity contribution is -0.120. The summed E-state index contributed by atoms with van der Waals surface area (Å²) < 4.78 is 23.9. The van der Waals surface area contributed by atoms with Gasteiger partial charge in [0.2, 0.25) is 5.91 Å². The minimum Gasteiger partial charge on any atom is -0.356 e. The molecule has 1 aromatic carbocycles. The highest BCUT2D eigenvalue weighted by molar-refractivity contribution is 7.91. The van der Waals surface area contributed by atoms with Gasteiger partial charge in [0.25, 0.3) is 0 Å². The summed E-state index contributed by atoms with van der Waals surface area (Å²) in [5.74, 6) is -0.375. The quantitative estimate of drug-likeness (QED) is 0.725. The van der Waals surface area contributed by atoms with Crippen LogP contribution in [0.3, 0.4) is 0 Å². The van der Waals surface area contributed by atoms with Crippen molar-refractivity contribution < 1.29 is 13.2 Å². The van der Waals surface area contributed by atoms with Crippen LogP contribution in [0.4, 0.5) is 0 Å². The maximum Gasteiger partial charge on any atom is 0.221 e. The molecular formula is C14H22N2O3S. The average molecular weight is 298 g/mol. The van der Waals surface area contributed by atoms with Gasteiger partial charge in [0.15, 0.2) is 9.84 Å². The molecule has 0 bridgehead atoms. The molecular weight excluding hydrogens is 276 g/mol. The van der Waals surface area contributed by atoms with Crippen LogP contribution in [-0.2, 0) is 14.6 Å². The highest BCUT2D eigenvalue weighted by Gasteiger charge is 2.15. The second-order valence-electron chi connectivity index (χ2n) is 4.89. The van der Waals surface area contributed by atoms with Crippen LogP contribution in [0.2, 0.25) is 0 Å². The van der Waals surface area contributed by atoms with E-state index in [1.807, 2.05) is 19.0 Å². The van der Waals surface area contributed by atoms with Gasteiger partial charge < -0.3 is 10.2 Å². The van der Waals surface area contributed by atoms with Crippen molar-refractivity contribution in [2.45, 2.75) is 17.7 Å². The molecule has 112 valence electrons. The van der Waals surface area contributed by atoms with E-state index in [9.17, 15) is 13.2 Å². The normalized spacial score (nSPS) is 11.6. The lowest BCUT2D eigenvalue weighted by atomic mass is 10.4. The molecule has 0 fully saturated rings. The van der Waals surface area contributed by atoms with E-state index in [-0.39, 0.29) is 23.0 Å². The predicted octanol–water partition coefficient (Wildman–Crippen LogP) is 0.918. The Hall–Kier alpha value is -1.40. The van der Waals surface area contributed by atoms with Gasteiger partial charge in [0.05, 0.1) is 10.6 Å².